The minimum Gasteiger partial charge on any atom is -0.0622 e. The first-order valence-electron chi connectivity index (χ1n) is 20.7. The van der Waals surface area contributed by atoms with Gasteiger partial charge in [0, 0.05) is 5.41 Å². The SMILES string of the molecule is CC1(C)c2cc(-c3cc(-c4ccccc4)cc(-c4cccc5ccccc45)c3)ccc2-c2ccc(-c3cc(-c4ccccc4)cc(-c4cccc5ccccc45)c3)cc21. The Hall–Kier alpha value is -7.28. The molecule has 0 heteroatoms. The zero-order valence-electron chi connectivity index (χ0n) is 33.3. The van der Waals surface area contributed by atoms with E-state index in [9.17, 15) is 0 Å². The average molecular weight is 751 g/mol. The van der Waals surface area contributed by atoms with Crippen LogP contribution in [0.4, 0.5) is 0 Å². The number of hydrogen-bond acceptors (Lipinski definition) is 0. The summed E-state index contributed by atoms with van der Waals surface area (Å²) in [6.07, 6.45) is 0. The van der Waals surface area contributed by atoms with Crippen LogP contribution in [0.1, 0.15) is 25.0 Å². The Bertz CT molecular complexity index is 2990. The van der Waals surface area contributed by atoms with E-state index < -0.39 is 0 Å². The van der Waals surface area contributed by atoms with Crippen molar-refractivity contribution >= 4 is 21.5 Å². The minimum atomic E-state index is -0.193. The summed E-state index contributed by atoms with van der Waals surface area (Å²) in [5.41, 5.74) is 20.0. The highest BCUT2D eigenvalue weighted by Gasteiger charge is 2.36. The molecule has 11 rings (SSSR count). The van der Waals surface area contributed by atoms with E-state index in [-0.39, 0.29) is 5.41 Å². The first-order valence-corrected chi connectivity index (χ1v) is 20.7. The molecule has 0 atom stereocenters. The van der Waals surface area contributed by atoms with E-state index in [0.29, 0.717) is 0 Å². The van der Waals surface area contributed by atoms with Crippen molar-refractivity contribution in [2.24, 2.45) is 0 Å². The highest BCUT2D eigenvalue weighted by atomic mass is 14.4. The van der Waals surface area contributed by atoms with E-state index >= 15 is 0 Å². The van der Waals surface area contributed by atoms with Gasteiger partial charge in [0.25, 0.3) is 0 Å². The number of rotatable bonds is 6. The van der Waals surface area contributed by atoms with Crippen LogP contribution in [0, 0.1) is 0 Å². The van der Waals surface area contributed by atoms with Crippen LogP contribution in [-0.4, -0.2) is 0 Å². The Labute approximate surface area is 346 Å². The van der Waals surface area contributed by atoms with Crippen LogP contribution in [-0.2, 0) is 5.41 Å². The lowest BCUT2D eigenvalue weighted by Crippen LogP contribution is -2.15. The third-order valence-corrected chi connectivity index (χ3v) is 12.6. The van der Waals surface area contributed by atoms with Gasteiger partial charge in [0.05, 0.1) is 0 Å². The molecule has 0 bridgehead atoms. The molecule has 10 aromatic carbocycles. The number of hydrogen-bond donors (Lipinski definition) is 0. The number of fused-ring (bicyclic) bond motifs is 5. The highest BCUT2D eigenvalue weighted by Crippen LogP contribution is 2.51. The van der Waals surface area contributed by atoms with E-state index in [1.165, 1.54) is 111 Å². The van der Waals surface area contributed by atoms with Gasteiger partial charge in [0.15, 0.2) is 0 Å². The summed E-state index contributed by atoms with van der Waals surface area (Å²) in [6, 6.07) is 80.8. The maximum Gasteiger partial charge on any atom is 0.0159 e. The summed E-state index contributed by atoms with van der Waals surface area (Å²) in [5.74, 6) is 0. The van der Waals surface area contributed by atoms with Gasteiger partial charge < -0.3 is 0 Å². The second-order valence-electron chi connectivity index (χ2n) is 16.5. The van der Waals surface area contributed by atoms with Gasteiger partial charge in [-0.3, -0.25) is 0 Å². The Morgan fingerprint density at radius 1 is 0.237 bits per heavy atom. The number of benzene rings is 10. The van der Waals surface area contributed by atoms with E-state index in [1.54, 1.807) is 0 Å². The van der Waals surface area contributed by atoms with Crippen molar-refractivity contribution in [2.45, 2.75) is 19.3 Å². The predicted octanol–water partition coefficient (Wildman–Crippen LogP) is 16.3. The lowest BCUT2D eigenvalue weighted by atomic mass is 9.80. The molecule has 59 heavy (non-hydrogen) atoms. The maximum absolute atomic E-state index is 2.46. The maximum atomic E-state index is 2.46. The second kappa shape index (κ2) is 14.0. The molecule has 0 unspecified atom stereocenters. The van der Waals surface area contributed by atoms with Gasteiger partial charge >= 0.3 is 0 Å². The fourth-order valence-electron chi connectivity index (χ4n) is 9.54. The van der Waals surface area contributed by atoms with E-state index in [0.717, 1.165) is 0 Å². The smallest absolute Gasteiger partial charge is 0.0159 e. The summed E-state index contributed by atoms with van der Waals surface area (Å²) in [7, 11) is 0. The van der Waals surface area contributed by atoms with Gasteiger partial charge in [0.2, 0.25) is 0 Å². The lowest BCUT2D eigenvalue weighted by molar-refractivity contribution is 0.661. The van der Waals surface area contributed by atoms with Crippen molar-refractivity contribution in [3.05, 3.63) is 230 Å². The van der Waals surface area contributed by atoms with Crippen LogP contribution in [0.15, 0.2) is 218 Å². The molecule has 0 spiro atoms. The topological polar surface area (TPSA) is 0 Å². The summed E-state index contributed by atoms with van der Waals surface area (Å²) < 4.78 is 0. The zero-order chi connectivity index (χ0) is 39.5. The molecule has 0 nitrogen and oxygen atoms in total. The van der Waals surface area contributed by atoms with Gasteiger partial charge in [-0.25, -0.2) is 0 Å². The van der Waals surface area contributed by atoms with Crippen LogP contribution in [0.2, 0.25) is 0 Å². The molecule has 1 aliphatic rings. The normalized spacial score (nSPS) is 12.7. The van der Waals surface area contributed by atoms with Crippen molar-refractivity contribution in [3.8, 4) is 77.9 Å². The molecule has 0 radical (unpaired) electrons. The van der Waals surface area contributed by atoms with Crippen molar-refractivity contribution in [2.75, 3.05) is 0 Å². The second-order valence-corrected chi connectivity index (χ2v) is 16.5. The van der Waals surface area contributed by atoms with Crippen molar-refractivity contribution in [3.63, 3.8) is 0 Å². The standard InChI is InChI=1S/C59H42/c1-59(2)57-37-43(47-31-45(39-15-5-3-6-16-39)33-49(35-47)53-25-13-21-41-19-9-11-23-51(41)53)27-29-55(57)56-30-28-44(38-58(56)59)48-32-46(40-17-7-4-8-18-40)34-50(36-48)54-26-14-22-42-20-10-12-24-52(42)54/h3-38H,1-2H3. The third kappa shape index (κ3) is 6.08. The summed E-state index contributed by atoms with van der Waals surface area (Å²) in [6.45, 7) is 4.80. The van der Waals surface area contributed by atoms with Gasteiger partial charge in [0.1, 0.15) is 0 Å². The average Bonchev–Trinajstić information content (AvgIpc) is 3.53. The van der Waals surface area contributed by atoms with E-state index in [2.05, 4.69) is 232 Å². The van der Waals surface area contributed by atoms with Crippen LogP contribution in [0.5, 0.6) is 0 Å². The zero-order valence-corrected chi connectivity index (χ0v) is 33.3. The summed E-state index contributed by atoms with van der Waals surface area (Å²) >= 11 is 0. The minimum absolute atomic E-state index is 0.193. The summed E-state index contributed by atoms with van der Waals surface area (Å²) in [5, 5.41) is 5.05. The van der Waals surface area contributed by atoms with Gasteiger partial charge in [-0.2, -0.15) is 0 Å². The van der Waals surface area contributed by atoms with Crippen LogP contribution in [0.3, 0.4) is 0 Å². The molecule has 10 aromatic rings. The van der Waals surface area contributed by atoms with Crippen LogP contribution in [0.25, 0.3) is 99.4 Å². The van der Waals surface area contributed by atoms with E-state index in [1.807, 2.05) is 0 Å². The third-order valence-electron chi connectivity index (χ3n) is 12.6. The Morgan fingerprint density at radius 3 is 1.03 bits per heavy atom. The molecule has 0 heterocycles. The predicted molar refractivity (Wildman–Crippen MR) is 252 cm³/mol. The largest absolute Gasteiger partial charge is 0.0622 e. The lowest BCUT2D eigenvalue weighted by Gasteiger charge is -2.23. The molecule has 0 N–H and O–H groups in total. The Balaban J connectivity index is 1.02. The summed E-state index contributed by atoms with van der Waals surface area (Å²) in [4.78, 5) is 0. The fourth-order valence-corrected chi connectivity index (χ4v) is 9.54. The molecule has 0 fully saturated rings. The van der Waals surface area contributed by atoms with Gasteiger partial charge in [-0.15, -0.1) is 0 Å². The van der Waals surface area contributed by atoms with Crippen molar-refractivity contribution in [1.82, 2.24) is 0 Å². The van der Waals surface area contributed by atoms with Crippen molar-refractivity contribution < 1.29 is 0 Å². The quantitative estimate of drug-likeness (QED) is 0.159. The fraction of sp³-hybridized carbons (Fsp3) is 0.0508. The Morgan fingerprint density at radius 2 is 0.593 bits per heavy atom. The van der Waals surface area contributed by atoms with Crippen LogP contribution >= 0.6 is 0 Å². The molecular weight excluding hydrogens is 709 g/mol. The molecule has 0 saturated carbocycles. The first-order chi connectivity index (χ1) is 29.0. The highest BCUT2D eigenvalue weighted by molar-refractivity contribution is 6.00. The molecule has 0 saturated heterocycles. The Kier molecular flexibility index (Phi) is 8.27. The molecule has 1 aliphatic carbocycles. The van der Waals surface area contributed by atoms with Crippen molar-refractivity contribution in [1.29, 1.82) is 0 Å². The molecule has 0 aromatic heterocycles. The van der Waals surface area contributed by atoms with E-state index in [4.69, 9.17) is 0 Å². The van der Waals surface area contributed by atoms with Crippen LogP contribution < -0.4 is 0 Å². The van der Waals surface area contributed by atoms with Gasteiger partial charge in [-0.05, 0) is 159 Å². The first kappa shape index (κ1) is 34.9. The molecule has 0 amide bonds. The molecule has 278 valence electrons. The van der Waals surface area contributed by atoms with Gasteiger partial charge in [-0.1, -0.05) is 184 Å². The molecular formula is C59H42. The monoisotopic (exact) mass is 750 g/mol. The molecule has 0 aliphatic heterocycles.